The van der Waals surface area contributed by atoms with E-state index < -0.39 is 11.8 Å². The number of anilines is 1. The van der Waals surface area contributed by atoms with Crippen molar-refractivity contribution >= 4 is 11.7 Å². The molecule has 0 spiro atoms. The molecule has 21 heavy (non-hydrogen) atoms. The van der Waals surface area contributed by atoms with Crippen molar-refractivity contribution in [3.63, 3.8) is 0 Å². The number of pyridine rings is 1. The van der Waals surface area contributed by atoms with Gasteiger partial charge in [0, 0.05) is 38.1 Å². The molecule has 2 aromatic heterocycles. The van der Waals surface area contributed by atoms with Crippen LogP contribution in [0.4, 0.5) is 14.9 Å². The molecule has 1 atom stereocenters. The van der Waals surface area contributed by atoms with Gasteiger partial charge in [-0.25, -0.2) is 14.2 Å². The summed E-state index contributed by atoms with van der Waals surface area (Å²) >= 11 is 0. The number of nitrogens with one attached hydrogen (secondary N) is 2. The number of nitrogens with zero attached hydrogens (tertiary/aromatic N) is 3. The van der Waals surface area contributed by atoms with Gasteiger partial charge in [-0.15, -0.1) is 0 Å². The van der Waals surface area contributed by atoms with Crippen molar-refractivity contribution in [2.45, 2.75) is 19.4 Å². The summed E-state index contributed by atoms with van der Waals surface area (Å²) in [5, 5.41) is 5.25. The Morgan fingerprint density at radius 3 is 3.24 bits per heavy atom. The topological polar surface area (TPSA) is 71.8 Å². The van der Waals surface area contributed by atoms with Crippen LogP contribution in [0, 0.1) is 11.7 Å². The summed E-state index contributed by atoms with van der Waals surface area (Å²) < 4.78 is 15.5. The first kappa shape index (κ1) is 13.5. The number of amides is 2. The molecule has 0 radical (unpaired) electrons. The molecule has 2 N–H and O–H groups in total. The number of carbonyl (C=O) groups is 1. The molecule has 3 rings (SSSR count). The summed E-state index contributed by atoms with van der Waals surface area (Å²) in [5.74, 6) is 0.855. The summed E-state index contributed by atoms with van der Waals surface area (Å²) in [6.07, 6.45) is 8.10. The van der Waals surface area contributed by atoms with Crippen molar-refractivity contribution in [2.75, 3.05) is 11.9 Å². The highest BCUT2D eigenvalue weighted by Gasteiger charge is 2.19. The van der Waals surface area contributed by atoms with Gasteiger partial charge in [0.1, 0.15) is 5.82 Å². The maximum absolute atomic E-state index is 13.4. The molecule has 3 heterocycles. The lowest BCUT2D eigenvalue weighted by atomic mass is 9.98. The summed E-state index contributed by atoms with van der Waals surface area (Å²) in [6.45, 7) is 1.47. The van der Waals surface area contributed by atoms with Gasteiger partial charge in [0.15, 0.2) is 5.82 Å². The van der Waals surface area contributed by atoms with E-state index in [2.05, 4.69) is 25.2 Å². The van der Waals surface area contributed by atoms with Gasteiger partial charge in [-0.1, -0.05) is 0 Å². The number of hydrogen-bond acceptors (Lipinski definition) is 3. The smallest absolute Gasteiger partial charge is 0.319 e. The molecule has 0 unspecified atom stereocenters. The van der Waals surface area contributed by atoms with Crippen molar-refractivity contribution in [3.8, 4) is 0 Å². The predicted octanol–water partition coefficient (Wildman–Crippen LogP) is 1.80. The Kier molecular flexibility index (Phi) is 3.81. The van der Waals surface area contributed by atoms with Crippen LogP contribution in [0.1, 0.15) is 12.2 Å². The zero-order valence-electron chi connectivity index (χ0n) is 11.4. The Morgan fingerprint density at radius 1 is 1.48 bits per heavy atom. The van der Waals surface area contributed by atoms with Gasteiger partial charge in [0.05, 0.1) is 11.9 Å². The highest BCUT2D eigenvalue weighted by Crippen LogP contribution is 2.18. The minimum Gasteiger partial charge on any atom is -0.338 e. The molecule has 2 aromatic rings. The maximum Gasteiger partial charge on any atom is 0.319 e. The molecular formula is C14H16FN5O. The largest absolute Gasteiger partial charge is 0.338 e. The molecule has 0 saturated carbocycles. The average molecular weight is 289 g/mol. The highest BCUT2D eigenvalue weighted by atomic mass is 19.1. The van der Waals surface area contributed by atoms with Crippen molar-refractivity contribution in [1.82, 2.24) is 19.9 Å². The number of aromatic nitrogens is 3. The first-order valence-corrected chi connectivity index (χ1v) is 6.87. The molecule has 1 aliphatic heterocycles. The zero-order chi connectivity index (χ0) is 14.7. The van der Waals surface area contributed by atoms with E-state index >= 15 is 0 Å². The summed E-state index contributed by atoms with van der Waals surface area (Å²) in [7, 11) is 0. The van der Waals surface area contributed by atoms with E-state index in [1.165, 1.54) is 12.3 Å². The van der Waals surface area contributed by atoms with Crippen LogP contribution in [0.3, 0.4) is 0 Å². The summed E-state index contributed by atoms with van der Waals surface area (Å²) in [4.78, 5) is 19.7. The Labute approximate surface area is 121 Å². The molecule has 2 amide bonds. The lowest BCUT2D eigenvalue weighted by Crippen LogP contribution is -2.35. The van der Waals surface area contributed by atoms with Gasteiger partial charge in [0.2, 0.25) is 0 Å². The van der Waals surface area contributed by atoms with Crippen molar-refractivity contribution < 1.29 is 9.18 Å². The van der Waals surface area contributed by atoms with Crippen LogP contribution >= 0.6 is 0 Å². The summed E-state index contributed by atoms with van der Waals surface area (Å²) in [5.41, 5.74) is 0.127. The first-order chi connectivity index (χ1) is 10.2. The van der Waals surface area contributed by atoms with E-state index in [0.29, 0.717) is 12.5 Å². The van der Waals surface area contributed by atoms with Crippen molar-refractivity contribution in [1.29, 1.82) is 0 Å². The Hall–Kier alpha value is -2.44. The van der Waals surface area contributed by atoms with E-state index in [1.54, 1.807) is 6.20 Å². The highest BCUT2D eigenvalue weighted by molar-refractivity contribution is 5.89. The van der Waals surface area contributed by atoms with E-state index in [9.17, 15) is 9.18 Å². The number of fused-ring (bicyclic) bond motifs is 1. The van der Waals surface area contributed by atoms with Gasteiger partial charge >= 0.3 is 6.03 Å². The molecule has 7 heteroatoms. The molecule has 0 bridgehead atoms. The Morgan fingerprint density at radius 2 is 2.38 bits per heavy atom. The van der Waals surface area contributed by atoms with Gasteiger partial charge in [0.25, 0.3) is 0 Å². The fourth-order valence-corrected chi connectivity index (χ4v) is 2.47. The zero-order valence-corrected chi connectivity index (χ0v) is 11.4. The monoisotopic (exact) mass is 289 g/mol. The molecule has 1 aliphatic rings. The van der Waals surface area contributed by atoms with Gasteiger partial charge in [-0.2, -0.15) is 0 Å². The van der Waals surface area contributed by atoms with E-state index in [-0.39, 0.29) is 5.69 Å². The van der Waals surface area contributed by atoms with Crippen LogP contribution in [-0.4, -0.2) is 27.1 Å². The number of urea groups is 1. The third-order valence-corrected chi connectivity index (χ3v) is 3.62. The lowest BCUT2D eigenvalue weighted by molar-refractivity contribution is 0.248. The quantitative estimate of drug-likeness (QED) is 0.905. The third kappa shape index (κ3) is 3.18. The van der Waals surface area contributed by atoms with Crippen LogP contribution in [0.25, 0.3) is 0 Å². The molecule has 6 nitrogen and oxygen atoms in total. The maximum atomic E-state index is 13.4. The second-order valence-electron chi connectivity index (χ2n) is 5.09. The molecule has 110 valence electrons. The Bertz CT molecular complexity index is 642. The SMILES string of the molecule is O=C(NC[C@H]1CCn2ccnc2C1)Nc1ccncc1F. The number of carbonyl (C=O) groups excluding carboxylic acids is 1. The normalized spacial score (nSPS) is 17.1. The number of aryl methyl sites for hydroxylation is 1. The number of imidazole rings is 1. The van der Waals surface area contributed by atoms with Crippen LogP contribution < -0.4 is 10.6 Å². The van der Waals surface area contributed by atoms with Crippen molar-refractivity contribution in [2.24, 2.45) is 5.92 Å². The minimum absolute atomic E-state index is 0.127. The number of halogens is 1. The minimum atomic E-state index is -0.549. The molecule has 0 aromatic carbocycles. The number of rotatable bonds is 3. The predicted molar refractivity (Wildman–Crippen MR) is 75.3 cm³/mol. The van der Waals surface area contributed by atoms with Crippen LogP contribution in [0.5, 0.6) is 0 Å². The Balaban J connectivity index is 1.50. The van der Waals surface area contributed by atoms with E-state index in [4.69, 9.17) is 0 Å². The van der Waals surface area contributed by atoms with E-state index in [0.717, 1.165) is 31.4 Å². The first-order valence-electron chi connectivity index (χ1n) is 6.87. The van der Waals surface area contributed by atoms with Gasteiger partial charge < -0.3 is 15.2 Å². The number of hydrogen-bond donors (Lipinski definition) is 2. The average Bonchev–Trinajstić information content (AvgIpc) is 2.95. The molecule has 0 fully saturated rings. The van der Waals surface area contributed by atoms with Gasteiger partial charge in [-0.3, -0.25) is 4.98 Å². The second-order valence-corrected chi connectivity index (χ2v) is 5.09. The van der Waals surface area contributed by atoms with Crippen LogP contribution in [0.2, 0.25) is 0 Å². The standard InChI is InChI=1S/C14H16FN5O/c15-11-9-16-3-1-12(11)19-14(21)18-8-10-2-5-20-6-4-17-13(20)7-10/h1,3-4,6,9-10H,2,5,7-8H2,(H2,16,18,19,21)/t10-/m0/s1. The van der Waals surface area contributed by atoms with E-state index in [1.807, 2.05) is 6.20 Å². The molecular weight excluding hydrogens is 273 g/mol. The van der Waals surface area contributed by atoms with Crippen LogP contribution in [-0.2, 0) is 13.0 Å². The third-order valence-electron chi connectivity index (χ3n) is 3.62. The van der Waals surface area contributed by atoms with Crippen LogP contribution in [0.15, 0.2) is 30.9 Å². The molecule has 0 saturated heterocycles. The second kappa shape index (κ2) is 5.90. The van der Waals surface area contributed by atoms with Gasteiger partial charge in [-0.05, 0) is 18.4 Å². The van der Waals surface area contributed by atoms with Crippen molar-refractivity contribution in [3.05, 3.63) is 42.5 Å². The lowest BCUT2D eigenvalue weighted by Gasteiger charge is -2.23. The molecule has 0 aliphatic carbocycles. The fourth-order valence-electron chi connectivity index (χ4n) is 2.47. The fraction of sp³-hybridized carbons (Fsp3) is 0.357. The summed E-state index contributed by atoms with van der Waals surface area (Å²) in [6, 6.07) is 1.01.